The second-order valence-corrected chi connectivity index (χ2v) is 6.28. The average molecular weight is 262 g/mol. The number of hydrogen-bond acceptors (Lipinski definition) is 3. The van der Waals surface area contributed by atoms with E-state index in [0.29, 0.717) is 6.54 Å². The van der Waals surface area contributed by atoms with Crippen LogP contribution in [0.1, 0.15) is 30.5 Å². The molecule has 1 aromatic carbocycles. The first-order chi connectivity index (χ1) is 8.91. The van der Waals surface area contributed by atoms with Gasteiger partial charge in [0.2, 0.25) is 0 Å². The van der Waals surface area contributed by atoms with Gasteiger partial charge in [-0.2, -0.15) is 0 Å². The van der Waals surface area contributed by atoms with Crippen LogP contribution in [-0.4, -0.2) is 36.2 Å². The molecular weight excluding hydrogens is 236 g/mol. The molecule has 1 fully saturated rings. The number of benzene rings is 1. The monoisotopic (exact) mass is 262 g/mol. The van der Waals surface area contributed by atoms with Gasteiger partial charge in [-0.05, 0) is 44.4 Å². The number of nitrogens with two attached hydrogens (primary N) is 1. The lowest BCUT2D eigenvalue weighted by Crippen LogP contribution is -2.54. The lowest BCUT2D eigenvalue weighted by Gasteiger charge is -2.42. The van der Waals surface area contributed by atoms with Gasteiger partial charge < -0.3 is 10.5 Å². The summed E-state index contributed by atoms with van der Waals surface area (Å²) in [6.07, 6.45) is 0.146. The predicted molar refractivity (Wildman–Crippen MR) is 79.2 cm³/mol. The quantitative estimate of drug-likeness (QED) is 0.908. The van der Waals surface area contributed by atoms with E-state index in [1.807, 2.05) is 0 Å². The molecular formula is C16H26N2O. The van der Waals surface area contributed by atoms with Crippen LogP contribution in [0.4, 0.5) is 0 Å². The summed E-state index contributed by atoms with van der Waals surface area (Å²) >= 11 is 0. The van der Waals surface area contributed by atoms with Crippen LogP contribution in [0.3, 0.4) is 0 Å². The van der Waals surface area contributed by atoms with Crippen molar-refractivity contribution >= 4 is 0 Å². The number of hydrogen-bond donors (Lipinski definition) is 1. The maximum atomic E-state index is 5.98. The second kappa shape index (κ2) is 5.61. The largest absolute Gasteiger partial charge is 0.368 e. The van der Waals surface area contributed by atoms with Gasteiger partial charge >= 0.3 is 0 Å². The van der Waals surface area contributed by atoms with E-state index in [1.165, 1.54) is 16.7 Å². The number of ether oxygens (including phenoxy) is 1. The van der Waals surface area contributed by atoms with Crippen LogP contribution in [0.15, 0.2) is 18.2 Å². The molecule has 106 valence electrons. The van der Waals surface area contributed by atoms with Gasteiger partial charge in [-0.25, -0.2) is 0 Å². The minimum Gasteiger partial charge on any atom is -0.368 e. The van der Waals surface area contributed by atoms with Crippen molar-refractivity contribution in [1.82, 2.24) is 4.90 Å². The summed E-state index contributed by atoms with van der Waals surface area (Å²) in [6.45, 7) is 12.1. The van der Waals surface area contributed by atoms with Gasteiger partial charge in [0.05, 0.1) is 11.7 Å². The Labute approximate surface area is 116 Å². The third-order valence-corrected chi connectivity index (χ3v) is 3.84. The average Bonchev–Trinajstić information content (AvgIpc) is 2.32. The van der Waals surface area contributed by atoms with Crippen molar-refractivity contribution in [1.29, 1.82) is 0 Å². The molecule has 1 aliphatic rings. The minimum absolute atomic E-state index is 0.112. The van der Waals surface area contributed by atoms with Crippen molar-refractivity contribution in [2.45, 2.75) is 45.9 Å². The molecule has 1 unspecified atom stereocenters. The van der Waals surface area contributed by atoms with Crippen molar-refractivity contribution in [2.75, 3.05) is 19.6 Å². The zero-order chi connectivity index (χ0) is 14.0. The van der Waals surface area contributed by atoms with E-state index in [4.69, 9.17) is 10.5 Å². The van der Waals surface area contributed by atoms with E-state index in [1.54, 1.807) is 0 Å². The normalized spacial score (nSPS) is 23.5. The zero-order valence-electron chi connectivity index (χ0n) is 12.6. The third kappa shape index (κ3) is 3.56. The molecule has 2 N–H and O–H groups in total. The zero-order valence-corrected chi connectivity index (χ0v) is 12.6. The third-order valence-electron chi connectivity index (χ3n) is 3.84. The Hall–Kier alpha value is -0.900. The highest BCUT2D eigenvalue weighted by Gasteiger charge is 2.32. The number of nitrogens with zero attached hydrogens (tertiary/aromatic N) is 1. The van der Waals surface area contributed by atoms with Crippen LogP contribution in [0.2, 0.25) is 0 Å². The van der Waals surface area contributed by atoms with Crippen LogP contribution in [0.5, 0.6) is 0 Å². The molecule has 0 bridgehead atoms. The molecule has 0 amide bonds. The minimum atomic E-state index is -0.112. The first-order valence-electron chi connectivity index (χ1n) is 7.06. The van der Waals surface area contributed by atoms with E-state index in [-0.39, 0.29) is 11.7 Å². The van der Waals surface area contributed by atoms with Gasteiger partial charge in [-0.1, -0.05) is 18.2 Å². The van der Waals surface area contributed by atoms with E-state index < -0.39 is 0 Å². The molecule has 1 atom stereocenters. The van der Waals surface area contributed by atoms with Gasteiger partial charge in [0.25, 0.3) is 0 Å². The summed E-state index contributed by atoms with van der Waals surface area (Å²) < 4.78 is 5.98. The summed E-state index contributed by atoms with van der Waals surface area (Å²) in [6, 6.07) is 6.50. The first kappa shape index (κ1) is 14.5. The summed E-state index contributed by atoms with van der Waals surface area (Å²) in [5, 5.41) is 0. The van der Waals surface area contributed by atoms with Crippen molar-refractivity contribution < 1.29 is 4.74 Å². The standard InChI is InChI=1S/C16H26N2O/c1-12-6-5-7-13(2)15(12)10-18-9-14(8-17)19-16(3,4)11-18/h5-7,14H,8-11,17H2,1-4H3. The van der Waals surface area contributed by atoms with Crippen molar-refractivity contribution in [3.05, 3.63) is 34.9 Å². The Balaban J connectivity index is 2.14. The summed E-state index contributed by atoms with van der Waals surface area (Å²) in [5.74, 6) is 0. The number of morpholine rings is 1. The molecule has 2 rings (SSSR count). The van der Waals surface area contributed by atoms with Gasteiger partial charge in [0, 0.05) is 26.2 Å². The fourth-order valence-electron chi connectivity index (χ4n) is 2.98. The van der Waals surface area contributed by atoms with Crippen LogP contribution >= 0.6 is 0 Å². The fourth-order valence-corrected chi connectivity index (χ4v) is 2.98. The summed E-state index contributed by atoms with van der Waals surface area (Å²) in [7, 11) is 0. The molecule has 0 spiro atoms. The number of aryl methyl sites for hydroxylation is 2. The molecule has 0 aromatic heterocycles. The van der Waals surface area contributed by atoms with Gasteiger partial charge in [0.15, 0.2) is 0 Å². The van der Waals surface area contributed by atoms with E-state index in [2.05, 4.69) is 50.8 Å². The molecule has 3 nitrogen and oxygen atoms in total. The summed E-state index contributed by atoms with van der Waals surface area (Å²) in [4.78, 5) is 2.47. The molecule has 0 saturated carbocycles. The fraction of sp³-hybridized carbons (Fsp3) is 0.625. The highest BCUT2D eigenvalue weighted by molar-refractivity contribution is 5.33. The Bertz CT molecular complexity index is 422. The van der Waals surface area contributed by atoms with Gasteiger partial charge in [0.1, 0.15) is 0 Å². The lowest BCUT2D eigenvalue weighted by atomic mass is 10.00. The smallest absolute Gasteiger partial charge is 0.0831 e. The maximum Gasteiger partial charge on any atom is 0.0831 e. The molecule has 1 aliphatic heterocycles. The van der Waals surface area contributed by atoms with Crippen LogP contribution in [0, 0.1) is 13.8 Å². The Morgan fingerprint density at radius 2 is 1.95 bits per heavy atom. The maximum absolute atomic E-state index is 5.98. The predicted octanol–water partition coefficient (Wildman–Crippen LogP) is 2.24. The second-order valence-electron chi connectivity index (χ2n) is 6.28. The van der Waals surface area contributed by atoms with Crippen molar-refractivity contribution in [3.8, 4) is 0 Å². The highest BCUT2D eigenvalue weighted by Crippen LogP contribution is 2.24. The van der Waals surface area contributed by atoms with Gasteiger partial charge in [-0.15, -0.1) is 0 Å². The van der Waals surface area contributed by atoms with Crippen molar-refractivity contribution in [2.24, 2.45) is 5.73 Å². The van der Waals surface area contributed by atoms with E-state index >= 15 is 0 Å². The molecule has 0 aliphatic carbocycles. The van der Waals surface area contributed by atoms with Crippen LogP contribution in [-0.2, 0) is 11.3 Å². The molecule has 1 saturated heterocycles. The Morgan fingerprint density at radius 1 is 1.32 bits per heavy atom. The molecule has 1 aromatic rings. The lowest BCUT2D eigenvalue weighted by molar-refractivity contribution is -0.134. The number of rotatable bonds is 3. The molecule has 19 heavy (non-hydrogen) atoms. The van der Waals surface area contributed by atoms with E-state index in [9.17, 15) is 0 Å². The van der Waals surface area contributed by atoms with Gasteiger partial charge in [-0.3, -0.25) is 4.90 Å². The van der Waals surface area contributed by atoms with E-state index in [0.717, 1.165) is 19.6 Å². The van der Waals surface area contributed by atoms with Crippen LogP contribution < -0.4 is 5.73 Å². The molecule has 1 heterocycles. The first-order valence-corrected chi connectivity index (χ1v) is 7.06. The Morgan fingerprint density at radius 3 is 2.53 bits per heavy atom. The van der Waals surface area contributed by atoms with Crippen molar-refractivity contribution in [3.63, 3.8) is 0 Å². The molecule has 0 radical (unpaired) electrons. The summed E-state index contributed by atoms with van der Waals surface area (Å²) in [5.41, 5.74) is 9.85. The SMILES string of the molecule is Cc1cccc(C)c1CN1CC(CN)OC(C)(C)C1. The highest BCUT2D eigenvalue weighted by atomic mass is 16.5. The van der Waals surface area contributed by atoms with Crippen LogP contribution in [0.25, 0.3) is 0 Å². The molecule has 3 heteroatoms. The Kier molecular flexibility index (Phi) is 4.29. The topological polar surface area (TPSA) is 38.5 Å².